The molecule has 0 unspecified atom stereocenters. The van der Waals surface area contributed by atoms with Gasteiger partial charge in [0.2, 0.25) is 0 Å². The van der Waals surface area contributed by atoms with Crippen molar-refractivity contribution in [1.29, 1.82) is 0 Å². The average Bonchev–Trinajstić information content (AvgIpc) is 2.35. The van der Waals surface area contributed by atoms with Crippen molar-refractivity contribution in [2.45, 2.75) is 25.8 Å². The second-order valence-corrected chi connectivity index (χ2v) is 4.72. The van der Waals surface area contributed by atoms with E-state index in [0.717, 1.165) is 31.1 Å². The van der Waals surface area contributed by atoms with Crippen LogP contribution >= 0.6 is 11.6 Å². The minimum atomic E-state index is 0.777. The van der Waals surface area contributed by atoms with E-state index in [1.54, 1.807) is 7.11 Å². The summed E-state index contributed by atoms with van der Waals surface area (Å²) < 4.78 is 5.22. The van der Waals surface area contributed by atoms with Gasteiger partial charge in [-0.05, 0) is 44.1 Å². The van der Waals surface area contributed by atoms with Gasteiger partial charge in [-0.1, -0.05) is 18.6 Å². The van der Waals surface area contributed by atoms with Crippen molar-refractivity contribution in [2.75, 3.05) is 26.6 Å². The predicted molar refractivity (Wildman–Crippen MR) is 73.9 cm³/mol. The van der Waals surface area contributed by atoms with Crippen molar-refractivity contribution >= 4 is 11.6 Å². The SMILES string of the molecule is COc1cccc(CN(C)CCCCCCl)c1. The lowest BCUT2D eigenvalue weighted by atomic mass is 10.2. The topological polar surface area (TPSA) is 12.5 Å². The van der Waals surface area contributed by atoms with Gasteiger partial charge in [-0.3, -0.25) is 0 Å². The maximum absolute atomic E-state index is 5.65. The van der Waals surface area contributed by atoms with Crippen molar-refractivity contribution in [3.63, 3.8) is 0 Å². The van der Waals surface area contributed by atoms with E-state index in [-0.39, 0.29) is 0 Å². The summed E-state index contributed by atoms with van der Waals surface area (Å²) in [6, 6.07) is 8.24. The molecule has 0 aliphatic carbocycles. The van der Waals surface area contributed by atoms with Crippen LogP contribution in [0.5, 0.6) is 5.75 Å². The van der Waals surface area contributed by atoms with Crippen LogP contribution in [0.4, 0.5) is 0 Å². The summed E-state index contributed by atoms with van der Waals surface area (Å²) in [5.41, 5.74) is 1.30. The Balaban J connectivity index is 2.31. The predicted octanol–water partition coefficient (Wildman–Crippen LogP) is 3.54. The highest BCUT2D eigenvalue weighted by Gasteiger charge is 2.01. The van der Waals surface area contributed by atoms with E-state index in [9.17, 15) is 0 Å². The van der Waals surface area contributed by atoms with Gasteiger partial charge in [0, 0.05) is 12.4 Å². The molecule has 0 aliphatic rings. The lowest BCUT2D eigenvalue weighted by Gasteiger charge is -2.16. The van der Waals surface area contributed by atoms with Gasteiger partial charge in [-0.2, -0.15) is 0 Å². The van der Waals surface area contributed by atoms with Gasteiger partial charge in [0.05, 0.1) is 7.11 Å². The molecule has 3 heteroatoms. The number of hydrogen-bond donors (Lipinski definition) is 0. The normalized spacial score (nSPS) is 10.8. The van der Waals surface area contributed by atoms with Crippen LogP contribution < -0.4 is 4.74 Å². The fourth-order valence-corrected chi connectivity index (χ4v) is 2.00. The summed E-state index contributed by atoms with van der Waals surface area (Å²) in [4.78, 5) is 2.34. The molecule has 96 valence electrons. The zero-order chi connectivity index (χ0) is 12.5. The third-order valence-electron chi connectivity index (χ3n) is 2.76. The van der Waals surface area contributed by atoms with Gasteiger partial charge >= 0.3 is 0 Å². The number of benzene rings is 1. The average molecular weight is 256 g/mol. The van der Waals surface area contributed by atoms with Gasteiger partial charge in [-0.25, -0.2) is 0 Å². The first kappa shape index (κ1) is 14.3. The number of hydrogen-bond acceptors (Lipinski definition) is 2. The first-order chi connectivity index (χ1) is 8.26. The Kier molecular flexibility index (Phi) is 7.06. The highest BCUT2D eigenvalue weighted by Crippen LogP contribution is 2.14. The molecule has 1 rings (SSSR count). The maximum Gasteiger partial charge on any atom is 0.119 e. The number of nitrogens with zero attached hydrogens (tertiary/aromatic N) is 1. The Labute approximate surface area is 110 Å². The van der Waals surface area contributed by atoms with Crippen LogP contribution in [-0.4, -0.2) is 31.5 Å². The van der Waals surface area contributed by atoms with E-state index in [2.05, 4.69) is 24.1 Å². The molecule has 0 radical (unpaired) electrons. The molecular weight excluding hydrogens is 234 g/mol. The Bertz CT molecular complexity index is 317. The summed E-state index contributed by atoms with van der Waals surface area (Å²) in [5.74, 6) is 1.71. The summed E-state index contributed by atoms with van der Waals surface area (Å²) in [6.45, 7) is 2.09. The number of rotatable bonds is 8. The van der Waals surface area contributed by atoms with Crippen molar-refractivity contribution in [1.82, 2.24) is 4.90 Å². The molecule has 0 spiro atoms. The molecular formula is C14H22ClNO. The molecule has 0 aromatic heterocycles. The Morgan fingerprint density at radius 1 is 1.24 bits per heavy atom. The first-order valence-corrected chi connectivity index (χ1v) is 6.67. The highest BCUT2D eigenvalue weighted by atomic mass is 35.5. The second-order valence-electron chi connectivity index (χ2n) is 4.34. The van der Waals surface area contributed by atoms with Crippen LogP contribution in [0.2, 0.25) is 0 Å². The largest absolute Gasteiger partial charge is 0.497 e. The van der Waals surface area contributed by atoms with Crippen molar-refractivity contribution in [3.05, 3.63) is 29.8 Å². The van der Waals surface area contributed by atoms with E-state index < -0.39 is 0 Å². The first-order valence-electron chi connectivity index (χ1n) is 6.13. The minimum Gasteiger partial charge on any atom is -0.497 e. The Hall–Kier alpha value is -0.730. The number of halogens is 1. The van der Waals surface area contributed by atoms with Crippen molar-refractivity contribution in [2.24, 2.45) is 0 Å². The van der Waals surface area contributed by atoms with Gasteiger partial charge < -0.3 is 9.64 Å². The third kappa shape index (κ3) is 5.94. The molecule has 0 amide bonds. The van der Waals surface area contributed by atoms with Gasteiger partial charge in [0.1, 0.15) is 5.75 Å². The van der Waals surface area contributed by atoms with Crippen LogP contribution in [0.25, 0.3) is 0 Å². The molecule has 0 bridgehead atoms. The molecule has 0 atom stereocenters. The molecule has 2 nitrogen and oxygen atoms in total. The Morgan fingerprint density at radius 3 is 2.76 bits per heavy atom. The molecule has 17 heavy (non-hydrogen) atoms. The monoisotopic (exact) mass is 255 g/mol. The highest BCUT2D eigenvalue weighted by molar-refractivity contribution is 6.17. The summed E-state index contributed by atoms with van der Waals surface area (Å²) >= 11 is 5.65. The van der Waals surface area contributed by atoms with Gasteiger partial charge in [0.15, 0.2) is 0 Å². The fraction of sp³-hybridized carbons (Fsp3) is 0.571. The van der Waals surface area contributed by atoms with Crippen LogP contribution in [-0.2, 0) is 6.54 Å². The molecule has 0 saturated heterocycles. The van der Waals surface area contributed by atoms with Crippen molar-refractivity contribution in [3.8, 4) is 5.75 Å². The van der Waals surface area contributed by atoms with Crippen LogP contribution in [0.15, 0.2) is 24.3 Å². The van der Waals surface area contributed by atoms with Gasteiger partial charge in [0.25, 0.3) is 0 Å². The molecule has 1 aromatic rings. The van der Waals surface area contributed by atoms with E-state index in [1.807, 2.05) is 12.1 Å². The van der Waals surface area contributed by atoms with Crippen molar-refractivity contribution < 1.29 is 4.74 Å². The molecule has 0 N–H and O–H groups in total. The summed E-state index contributed by atoms with van der Waals surface area (Å²) in [7, 11) is 3.86. The van der Waals surface area contributed by atoms with E-state index in [0.29, 0.717) is 0 Å². The standard InChI is InChI=1S/C14H22ClNO/c1-16(10-5-3-4-9-15)12-13-7-6-8-14(11-13)17-2/h6-8,11H,3-5,9-10,12H2,1-2H3. The smallest absolute Gasteiger partial charge is 0.119 e. The number of alkyl halides is 1. The lowest BCUT2D eigenvalue weighted by molar-refractivity contribution is 0.317. The molecule has 0 heterocycles. The molecule has 0 aliphatic heterocycles. The molecule has 0 saturated carbocycles. The van der Waals surface area contributed by atoms with E-state index in [4.69, 9.17) is 16.3 Å². The Morgan fingerprint density at radius 2 is 2.06 bits per heavy atom. The fourth-order valence-electron chi connectivity index (χ4n) is 1.81. The maximum atomic E-state index is 5.65. The lowest BCUT2D eigenvalue weighted by Crippen LogP contribution is -2.19. The van der Waals surface area contributed by atoms with E-state index in [1.165, 1.54) is 18.4 Å². The number of ether oxygens (including phenoxy) is 1. The summed E-state index contributed by atoms with van der Waals surface area (Å²) in [6.07, 6.45) is 3.55. The van der Waals surface area contributed by atoms with E-state index >= 15 is 0 Å². The molecule has 1 aromatic carbocycles. The zero-order valence-electron chi connectivity index (χ0n) is 10.8. The number of unbranched alkanes of at least 4 members (excludes halogenated alkanes) is 2. The molecule has 0 fully saturated rings. The minimum absolute atomic E-state index is 0.777. The summed E-state index contributed by atoms with van der Waals surface area (Å²) in [5, 5.41) is 0. The van der Waals surface area contributed by atoms with Crippen LogP contribution in [0.1, 0.15) is 24.8 Å². The number of methoxy groups -OCH3 is 1. The van der Waals surface area contributed by atoms with Gasteiger partial charge in [-0.15, -0.1) is 11.6 Å². The van der Waals surface area contributed by atoms with Crippen LogP contribution in [0, 0.1) is 0 Å². The third-order valence-corrected chi connectivity index (χ3v) is 3.03. The van der Waals surface area contributed by atoms with Crippen LogP contribution in [0.3, 0.4) is 0 Å². The quantitative estimate of drug-likeness (QED) is 0.520. The zero-order valence-corrected chi connectivity index (χ0v) is 11.5. The second kappa shape index (κ2) is 8.37.